The Hall–Kier alpha value is -1.72. The number of aliphatic hydroxyl groups excluding tert-OH is 1. The van der Waals surface area contributed by atoms with Gasteiger partial charge in [-0.3, -0.25) is 4.79 Å². The average molecular weight is 243 g/mol. The van der Waals surface area contributed by atoms with Crippen molar-refractivity contribution in [3.05, 3.63) is 5.53 Å². The molecule has 0 aromatic rings. The molecule has 0 aromatic heterocycles. The number of hydrogen-bond donors (Lipinski definition) is 2. The second-order valence-electron chi connectivity index (χ2n) is 4.51. The highest BCUT2D eigenvalue weighted by atomic mass is 16.6. The molecule has 7 heteroatoms. The van der Waals surface area contributed by atoms with Gasteiger partial charge in [0, 0.05) is 0 Å². The fraction of sp³-hybridized carbons (Fsp3) is 0.700. The predicted molar refractivity (Wildman–Crippen MR) is 59.5 cm³/mol. The van der Waals surface area contributed by atoms with Crippen LogP contribution in [0.5, 0.6) is 0 Å². The van der Waals surface area contributed by atoms with Crippen molar-refractivity contribution in [3.8, 4) is 0 Å². The highest BCUT2D eigenvalue weighted by Gasteiger charge is 2.28. The molecule has 2 atom stereocenters. The van der Waals surface area contributed by atoms with Crippen LogP contribution in [0.15, 0.2) is 0 Å². The third-order valence-corrected chi connectivity index (χ3v) is 1.65. The van der Waals surface area contributed by atoms with Crippen molar-refractivity contribution in [3.63, 3.8) is 0 Å². The van der Waals surface area contributed by atoms with Gasteiger partial charge in [0.15, 0.2) is 0 Å². The lowest BCUT2D eigenvalue weighted by Crippen LogP contribution is -2.49. The Morgan fingerprint density at radius 1 is 1.47 bits per heavy atom. The van der Waals surface area contributed by atoms with Crippen molar-refractivity contribution in [2.75, 3.05) is 0 Å². The minimum atomic E-state index is -1.21. The zero-order valence-corrected chi connectivity index (χ0v) is 10.3. The summed E-state index contributed by atoms with van der Waals surface area (Å²) < 4.78 is 4.93. The highest BCUT2D eigenvalue weighted by molar-refractivity contribution is 6.28. The van der Waals surface area contributed by atoms with E-state index in [1.54, 1.807) is 20.8 Å². The third kappa shape index (κ3) is 6.44. The SMILES string of the molecule is C[C@@H](O)[C@H](NC(=O)OC(C)(C)C)C(=O)C=[N+]=[N-]. The van der Waals surface area contributed by atoms with E-state index in [4.69, 9.17) is 10.3 Å². The molecule has 2 N–H and O–H groups in total. The molecule has 0 aliphatic rings. The van der Waals surface area contributed by atoms with Gasteiger partial charge in [0.2, 0.25) is 0 Å². The quantitative estimate of drug-likeness (QED) is 0.415. The summed E-state index contributed by atoms with van der Waals surface area (Å²) >= 11 is 0. The summed E-state index contributed by atoms with van der Waals surface area (Å²) in [5.74, 6) is -0.728. The predicted octanol–water partition coefficient (Wildman–Crippen LogP) is 0.130. The van der Waals surface area contributed by atoms with Crippen LogP contribution in [-0.4, -0.2) is 45.7 Å². The molecule has 0 fully saturated rings. The van der Waals surface area contributed by atoms with Gasteiger partial charge in [-0.15, -0.1) is 0 Å². The number of ketones is 1. The number of hydrogen-bond acceptors (Lipinski definition) is 4. The van der Waals surface area contributed by atoms with Crippen molar-refractivity contribution in [2.45, 2.75) is 45.4 Å². The molecule has 0 saturated carbocycles. The topological polar surface area (TPSA) is 112 Å². The molecule has 0 spiro atoms. The molecule has 0 unspecified atom stereocenters. The molecule has 17 heavy (non-hydrogen) atoms. The van der Waals surface area contributed by atoms with Crippen LogP contribution in [0.1, 0.15) is 27.7 Å². The molecule has 0 radical (unpaired) electrons. The van der Waals surface area contributed by atoms with E-state index in [2.05, 4.69) is 10.1 Å². The smallest absolute Gasteiger partial charge is 0.408 e. The number of nitrogens with one attached hydrogen (secondary N) is 1. The van der Waals surface area contributed by atoms with E-state index in [-0.39, 0.29) is 0 Å². The first-order valence-electron chi connectivity index (χ1n) is 5.06. The lowest BCUT2D eigenvalue weighted by molar-refractivity contribution is -0.120. The van der Waals surface area contributed by atoms with E-state index in [0.29, 0.717) is 6.21 Å². The van der Waals surface area contributed by atoms with Gasteiger partial charge in [0.1, 0.15) is 11.6 Å². The Bertz CT molecular complexity index is 340. The molecule has 96 valence electrons. The molecular weight excluding hydrogens is 226 g/mol. The van der Waals surface area contributed by atoms with E-state index in [0.717, 1.165) is 0 Å². The van der Waals surface area contributed by atoms with Crippen molar-refractivity contribution in [1.82, 2.24) is 5.32 Å². The van der Waals surface area contributed by atoms with Crippen LogP contribution >= 0.6 is 0 Å². The van der Waals surface area contributed by atoms with Crippen LogP contribution in [0.25, 0.3) is 5.53 Å². The highest BCUT2D eigenvalue weighted by Crippen LogP contribution is 2.07. The van der Waals surface area contributed by atoms with E-state index in [1.165, 1.54) is 6.92 Å². The molecule has 0 heterocycles. The van der Waals surface area contributed by atoms with E-state index in [9.17, 15) is 14.7 Å². The van der Waals surface area contributed by atoms with Crippen molar-refractivity contribution < 1.29 is 24.2 Å². The van der Waals surface area contributed by atoms with Crippen molar-refractivity contribution >= 4 is 18.1 Å². The van der Waals surface area contributed by atoms with Crippen LogP contribution in [0, 0.1) is 0 Å². The Morgan fingerprint density at radius 2 is 2.00 bits per heavy atom. The number of carbonyl (C=O) groups is 2. The standard InChI is InChI=1S/C10H17N3O4/c1-6(14)8(7(15)5-12-11)13-9(16)17-10(2,3)4/h5-6,8,14H,1-4H3,(H,13,16)/t6-,8+/m1/s1. The second-order valence-corrected chi connectivity index (χ2v) is 4.51. The first-order chi connectivity index (χ1) is 7.67. The number of rotatable bonds is 4. The van der Waals surface area contributed by atoms with Crippen LogP contribution < -0.4 is 5.32 Å². The molecule has 0 aliphatic heterocycles. The molecule has 1 amide bonds. The fourth-order valence-electron chi connectivity index (χ4n) is 1.00. The van der Waals surface area contributed by atoms with Gasteiger partial charge in [-0.25, -0.2) is 4.79 Å². The first kappa shape index (κ1) is 15.3. The van der Waals surface area contributed by atoms with Crippen LogP contribution in [0.4, 0.5) is 4.79 Å². The Balaban J connectivity index is 4.62. The number of Topliss-reactive ketones (excluding diaryl/α,β-unsaturated/α-hetero) is 1. The zero-order valence-electron chi connectivity index (χ0n) is 10.3. The molecule has 0 aromatic carbocycles. The maximum atomic E-state index is 11.4. The maximum absolute atomic E-state index is 11.4. The lowest BCUT2D eigenvalue weighted by atomic mass is 10.1. The van der Waals surface area contributed by atoms with E-state index in [1.807, 2.05) is 0 Å². The number of ether oxygens (including phenoxy) is 1. The Labute approximate surface area is 99.4 Å². The molecule has 0 aliphatic carbocycles. The summed E-state index contributed by atoms with van der Waals surface area (Å²) in [6, 6.07) is -1.21. The largest absolute Gasteiger partial charge is 0.444 e. The third-order valence-electron chi connectivity index (χ3n) is 1.65. The molecule has 0 bridgehead atoms. The minimum absolute atomic E-state index is 0.606. The molecular formula is C10H17N3O4. The van der Waals surface area contributed by atoms with Gasteiger partial charge in [-0.2, -0.15) is 4.79 Å². The first-order valence-corrected chi connectivity index (χ1v) is 5.06. The van der Waals surface area contributed by atoms with Crippen LogP contribution in [-0.2, 0) is 9.53 Å². The molecule has 7 nitrogen and oxygen atoms in total. The molecule has 0 rings (SSSR count). The summed E-state index contributed by atoms with van der Waals surface area (Å²) in [5.41, 5.74) is 7.50. The Morgan fingerprint density at radius 3 is 2.35 bits per heavy atom. The van der Waals surface area contributed by atoms with Gasteiger partial charge in [-0.05, 0) is 27.7 Å². The Kier molecular flexibility index (Phi) is 5.50. The van der Waals surface area contributed by atoms with Crippen LogP contribution in [0.2, 0.25) is 0 Å². The number of aliphatic hydroxyl groups is 1. The minimum Gasteiger partial charge on any atom is -0.444 e. The van der Waals surface area contributed by atoms with Gasteiger partial charge < -0.3 is 20.7 Å². The lowest BCUT2D eigenvalue weighted by Gasteiger charge is -2.23. The number of nitrogens with zero attached hydrogens (tertiary/aromatic N) is 2. The van der Waals surface area contributed by atoms with Gasteiger partial charge >= 0.3 is 12.3 Å². The van der Waals surface area contributed by atoms with Gasteiger partial charge in [0.25, 0.3) is 5.78 Å². The number of amides is 1. The maximum Gasteiger partial charge on any atom is 0.408 e. The van der Waals surface area contributed by atoms with Gasteiger partial charge in [0.05, 0.1) is 6.10 Å². The normalized spacial score (nSPS) is 14.2. The second kappa shape index (κ2) is 6.12. The monoisotopic (exact) mass is 243 g/mol. The van der Waals surface area contributed by atoms with E-state index < -0.39 is 29.6 Å². The average Bonchev–Trinajstić information content (AvgIpc) is 2.11. The van der Waals surface area contributed by atoms with Crippen LogP contribution in [0.3, 0.4) is 0 Å². The summed E-state index contributed by atoms with van der Waals surface area (Å²) in [7, 11) is 0. The van der Waals surface area contributed by atoms with Crippen molar-refractivity contribution in [2.24, 2.45) is 0 Å². The zero-order chi connectivity index (χ0) is 13.6. The fourth-order valence-corrected chi connectivity index (χ4v) is 1.00. The molecule has 0 saturated heterocycles. The summed E-state index contributed by atoms with van der Waals surface area (Å²) in [6.07, 6.45) is -1.36. The van der Waals surface area contributed by atoms with Crippen molar-refractivity contribution in [1.29, 1.82) is 0 Å². The number of alkyl carbamates (subject to hydrolysis) is 1. The summed E-state index contributed by atoms with van der Waals surface area (Å²) in [6.45, 7) is 6.33. The number of carbonyl (C=O) groups excluding carboxylic acids is 2. The van der Waals surface area contributed by atoms with Gasteiger partial charge in [-0.1, -0.05) is 0 Å². The summed E-state index contributed by atoms with van der Waals surface area (Å²) in [4.78, 5) is 25.3. The van der Waals surface area contributed by atoms with E-state index >= 15 is 0 Å². The summed E-state index contributed by atoms with van der Waals surface area (Å²) in [5, 5.41) is 11.5.